The number of carbonyl (C=O) groups is 3. The summed E-state index contributed by atoms with van der Waals surface area (Å²) in [5.74, 6) is -3.27. The van der Waals surface area contributed by atoms with E-state index in [4.69, 9.17) is 15.3 Å². The minimum absolute atomic E-state index is 0.0614. The van der Waals surface area contributed by atoms with E-state index in [1.54, 1.807) is 0 Å². The fourth-order valence-electron chi connectivity index (χ4n) is 3.41. The number of Topliss-reactive ketones (excluding diaryl/α,β-unsaturated/α-hetero) is 1. The van der Waals surface area contributed by atoms with Gasteiger partial charge in [0, 0.05) is 19.2 Å². The van der Waals surface area contributed by atoms with Gasteiger partial charge in [0.1, 0.15) is 6.29 Å². The van der Waals surface area contributed by atoms with Crippen LogP contribution in [0.15, 0.2) is 17.4 Å². The maximum atomic E-state index is 13.1. The zero-order valence-electron chi connectivity index (χ0n) is 18.3. The lowest BCUT2D eigenvalue weighted by molar-refractivity contribution is -0.153. The summed E-state index contributed by atoms with van der Waals surface area (Å²) in [6.07, 6.45) is 6.23. The summed E-state index contributed by atoms with van der Waals surface area (Å²) in [7, 11) is 0. The van der Waals surface area contributed by atoms with E-state index in [2.05, 4.69) is 26.4 Å². The third kappa shape index (κ3) is 7.46. The van der Waals surface area contributed by atoms with E-state index in [1.807, 2.05) is 19.2 Å². The minimum Gasteiger partial charge on any atom is -0.478 e. The Kier molecular flexibility index (Phi) is 10.4. The van der Waals surface area contributed by atoms with Gasteiger partial charge in [-0.3, -0.25) is 26.5 Å². The number of ketones is 1. The van der Waals surface area contributed by atoms with E-state index in [1.165, 1.54) is 6.21 Å². The third-order valence-electron chi connectivity index (χ3n) is 5.27. The Balaban J connectivity index is 2.00. The number of nitrogens with two attached hydrogens (primary N) is 1. The standard InChI is InChI=1S/C20H34N6O6/c1-2-3-13-31-19(30)26-20(21,17(28)29)14(16(27)15-8-12-25-32-15)7-4-5-9-22-18-23-10-6-11-24-18/h6,10,12,14-15,18,22-24H,2-5,7-9,11,13,21H2,1H3,(H,26,30)(H,28,29). The molecule has 0 fully saturated rings. The smallest absolute Gasteiger partial charge is 0.409 e. The van der Waals surface area contributed by atoms with Gasteiger partial charge in [0.2, 0.25) is 5.66 Å². The first kappa shape index (κ1) is 25.6. The summed E-state index contributed by atoms with van der Waals surface area (Å²) in [6.45, 7) is 3.43. The Bertz CT molecular complexity index is 694. The Morgan fingerprint density at radius 1 is 1.38 bits per heavy atom. The predicted octanol–water partition coefficient (Wildman–Crippen LogP) is -0.0377. The molecule has 0 radical (unpaired) electrons. The van der Waals surface area contributed by atoms with Crippen molar-refractivity contribution in [3.8, 4) is 0 Å². The average Bonchev–Trinajstić information content (AvgIpc) is 3.31. The Hall–Kier alpha value is -2.70. The van der Waals surface area contributed by atoms with Crippen LogP contribution < -0.4 is 27.0 Å². The number of hydrogen-bond acceptors (Lipinski definition) is 10. The number of carboxylic acids is 1. The van der Waals surface area contributed by atoms with Crippen molar-refractivity contribution in [1.82, 2.24) is 21.3 Å². The maximum absolute atomic E-state index is 13.1. The molecule has 0 aliphatic carbocycles. The molecule has 4 atom stereocenters. The molecule has 0 aromatic heterocycles. The molecule has 0 bridgehead atoms. The summed E-state index contributed by atoms with van der Waals surface area (Å²) in [5, 5.41) is 25.2. The molecule has 0 aromatic carbocycles. The highest BCUT2D eigenvalue weighted by atomic mass is 16.6. The van der Waals surface area contributed by atoms with Crippen molar-refractivity contribution in [2.45, 2.75) is 63.5 Å². The second-order valence-corrected chi connectivity index (χ2v) is 7.72. The number of aliphatic carboxylic acids is 1. The zero-order valence-corrected chi connectivity index (χ0v) is 18.3. The molecular weight excluding hydrogens is 420 g/mol. The molecule has 0 spiro atoms. The zero-order chi connectivity index (χ0) is 23.4. The Labute approximate surface area is 187 Å². The second-order valence-electron chi connectivity index (χ2n) is 7.72. The Morgan fingerprint density at radius 3 is 2.81 bits per heavy atom. The summed E-state index contributed by atoms with van der Waals surface area (Å²) in [5.41, 5.74) is 3.78. The van der Waals surface area contributed by atoms with Crippen LogP contribution >= 0.6 is 0 Å². The van der Waals surface area contributed by atoms with Crippen molar-refractivity contribution in [2.24, 2.45) is 16.8 Å². The van der Waals surface area contributed by atoms with Crippen molar-refractivity contribution >= 4 is 24.1 Å². The molecule has 180 valence electrons. The van der Waals surface area contributed by atoms with E-state index >= 15 is 0 Å². The molecule has 0 aromatic rings. The van der Waals surface area contributed by atoms with Crippen LogP contribution in [-0.2, 0) is 19.2 Å². The molecule has 2 aliphatic heterocycles. The lowest BCUT2D eigenvalue weighted by atomic mass is 9.82. The molecule has 12 nitrogen and oxygen atoms in total. The Morgan fingerprint density at radius 2 is 2.19 bits per heavy atom. The molecule has 12 heteroatoms. The topological polar surface area (TPSA) is 176 Å². The van der Waals surface area contributed by atoms with Crippen molar-refractivity contribution in [3.63, 3.8) is 0 Å². The predicted molar refractivity (Wildman–Crippen MR) is 116 cm³/mol. The second kappa shape index (κ2) is 13.0. The van der Waals surface area contributed by atoms with Crippen LogP contribution in [0.2, 0.25) is 0 Å². The number of carbonyl (C=O) groups excluding carboxylic acids is 2. The van der Waals surface area contributed by atoms with Crippen LogP contribution in [0, 0.1) is 5.92 Å². The van der Waals surface area contributed by atoms with Crippen LogP contribution in [0.4, 0.5) is 4.79 Å². The highest BCUT2D eigenvalue weighted by Gasteiger charge is 2.50. The highest BCUT2D eigenvalue weighted by molar-refractivity contribution is 5.96. The number of ether oxygens (including phenoxy) is 1. The van der Waals surface area contributed by atoms with Gasteiger partial charge in [0.25, 0.3) is 0 Å². The van der Waals surface area contributed by atoms with Gasteiger partial charge in [-0.2, -0.15) is 0 Å². The average molecular weight is 455 g/mol. The fraction of sp³-hybridized carbons (Fsp3) is 0.700. The first-order valence-corrected chi connectivity index (χ1v) is 10.9. The van der Waals surface area contributed by atoms with Crippen LogP contribution in [0.1, 0.15) is 45.4 Å². The van der Waals surface area contributed by atoms with Gasteiger partial charge in [0.05, 0.1) is 12.5 Å². The van der Waals surface area contributed by atoms with Gasteiger partial charge < -0.3 is 20.0 Å². The number of unbranched alkanes of at least 4 members (excludes halogenated alkanes) is 2. The number of alkyl carbamates (subject to hydrolysis) is 1. The summed E-state index contributed by atoms with van der Waals surface area (Å²) >= 11 is 0. The van der Waals surface area contributed by atoms with Crippen molar-refractivity contribution in [1.29, 1.82) is 0 Å². The minimum atomic E-state index is -2.34. The van der Waals surface area contributed by atoms with E-state index < -0.39 is 35.5 Å². The fourth-order valence-corrected chi connectivity index (χ4v) is 3.41. The van der Waals surface area contributed by atoms with E-state index in [-0.39, 0.29) is 25.7 Å². The van der Waals surface area contributed by atoms with Crippen LogP contribution in [0.3, 0.4) is 0 Å². The normalized spacial score (nSPS) is 22.3. The van der Waals surface area contributed by atoms with Crippen LogP contribution in [0.25, 0.3) is 0 Å². The first-order valence-electron chi connectivity index (χ1n) is 10.9. The van der Waals surface area contributed by atoms with Gasteiger partial charge in [-0.05, 0) is 32.0 Å². The SMILES string of the molecule is CCCCOC(=O)NC(N)(C(=O)O)C(CCCCNC1NC=CCN1)C(=O)C1CC=NO1. The monoisotopic (exact) mass is 454 g/mol. The largest absolute Gasteiger partial charge is 0.478 e. The number of carboxylic acid groups (broad SMARTS) is 1. The summed E-state index contributed by atoms with van der Waals surface area (Å²) < 4.78 is 5.00. The van der Waals surface area contributed by atoms with Gasteiger partial charge in [-0.1, -0.05) is 31.0 Å². The molecule has 2 heterocycles. The number of oxime groups is 1. The molecule has 4 unspecified atom stereocenters. The van der Waals surface area contributed by atoms with Gasteiger partial charge >= 0.3 is 12.1 Å². The van der Waals surface area contributed by atoms with Crippen molar-refractivity contribution in [2.75, 3.05) is 19.7 Å². The number of rotatable bonds is 14. The number of hydrogen-bond donors (Lipinski definition) is 6. The first-order chi connectivity index (χ1) is 15.4. The quantitative estimate of drug-likeness (QED) is 0.154. The molecule has 2 rings (SSSR count). The number of nitrogens with zero attached hydrogens (tertiary/aromatic N) is 1. The molecule has 1 amide bonds. The lowest BCUT2D eigenvalue weighted by Crippen LogP contribution is -2.68. The maximum Gasteiger partial charge on any atom is 0.409 e. The molecule has 32 heavy (non-hydrogen) atoms. The van der Waals surface area contributed by atoms with E-state index in [0.717, 1.165) is 13.0 Å². The van der Waals surface area contributed by atoms with Crippen LogP contribution in [0.5, 0.6) is 0 Å². The third-order valence-corrected chi connectivity index (χ3v) is 5.27. The summed E-state index contributed by atoms with van der Waals surface area (Å²) in [4.78, 5) is 42.4. The van der Waals surface area contributed by atoms with Crippen LogP contribution in [-0.4, -0.2) is 66.9 Å². The lowest BCUT2D eigenvalue weighted by Gasteiger charge is -2.34. The van der Waals surface area contributed by atoms with Crippen molar-refractivity contribution in [3.05, 3.63) is 12.3 Å². The molecule has 2 aliphatic rings. The highest BCUT2D eigenvalue weighted by Crippen LogP contribution is 2.25. The summed E-state index contributed by atoms with van der Waals surface area (Å²) in [6, 6.07) is 0. The van der Waals surface area contributed by atoms with E-state index in [9.17, 15) is 19.5 Å². The van der Waals surface area contributed by atoms with Gasteiger partial charge in [-0.15, -0.1) is 0 Å². The number of nitrogens with one attached hydrogen (secondary N) is 4. The molecular formula is C20H34N6O6. The number of amides is 1. The van der Waals surface area contributed by atoms with Gasteiger partial charge in [0.15, 0.2) is 11.9 Å². The van der Waals surface area contributed by atoms with E-state index in [0.29, 0.717) is 25.8 Å². The van der Waals surface area contributed by atoms with Crippen molar-refractivity contribution < 1.29 is 29.1 Å². The molecule has 0 saturated carbocycles. The molecule has 7 N–H and O–H groups in total. The molecule has 0 saturated heterocycles. The van der Waals surface area contributed by atoms with Gasteiger partial charge in [-0.25, -0.2) is 9.59 Å².